The van der Waals surface area contributed by atoms with Gasteiger partial charge in [0.15, 0.2) is 6.61 Å². The molecule has 0 bridgehead atoms. The summed E-state index contributed by atoms with van der Waals surface area (Å²) < 4.78 is 10.1. The van der Waals surface area contributed by atoms with Gasteiger partial charge in [-0.2, -0.15) is 0 Å². The van der Waals surface area contributed by atoms with Gasteiger partial charge in [-0.15, -0.1) is 0 Å². The van der Waals surface area contributed by atoms with Crippen molar-refractivity contribution in [2.75, 3.05) is 19.0 Å². The first kappa shape index (κ1) is 18.3. The minimum atomic E-state index is -0.583. The van der Waals surface area contributed by atoms with Crippen molar-refractivity contribution < 1.29 is 19.1 Å². The van der Waals surface area contributed by atoms with Gasteiger partial charge in [0, 0.05) is 11.8 Å². The van der Waals surface area contributed by atoms with E-state index in [-0.39, 0.29) is 12.5 Å². The number of aryl methyl sites for hydroxylation is 1. The second-order valence-corrected chi connectivity index (χ2v) is 5.32. The van der Waals surface area contributed by atoms with Gasteiger partial charge < -0.3 is 14.8 Å². The molecule has 0 unspecified atom stereocenters. The van der Waals surface area contributed by atoms with Crippen molar-refractivity contribution in [2.45, 2.75) is 13.3 Å². The van der Waals surface area contributed by atoms with Gasteiger partial charge in [-0.25, -0.2) is 4.79 Å². The van der Waals surface area contributed by atoms with E-state index in [0.29, 0.717) is 11.4 Å². The maximum absolute atomic E-state index is 11.8. The van der Waals surface area contributed by atoms with E-state index in [9.17, 15) is 9.59 Å². The highest BCUT2D eigenvalue weighted by molar-refractivity contribution is 5.94. The molecular formula is C20H21NO4. The summed E-state index contributed by atoms with van der Waals surface area (Å²) in [6.07, 6.45) is 3.76. The molecule has 0 atom stereocenters. The topological polar surface area (TPSA) is 64.6 Å². The van der Waals surface area contributed by atoms with Gasteiger partial charge in [0.2, 0.25) is 0 Å². The minimum Gasteiger partial charge on any atom is -0.497 e. The van der Waals surface area contributed by atoms with E-state index in [4.69, 9.17) is 9.47 Å². The largest absolute Gasteiger partial charge is 0.497 e. The summed E-state index contributed by atoms with van der Waals surface area (Å²) in [5.41, 5.74) is 2.61. The fourth-order valence-electron chi connectivity index (χ4n) is 2.16. The van der Waals surface area contributed by atoms with Crippen LogP contribution in [0, 0.1) is 0 Å². The normalized spacial score (nSPS) is 10.5. The smallest absolute Gasteiger partial charge is 0.331 e. The fourth-order valence-corrected chi connectivity index (χ4v) is 2.16. The zero-order valence-corrected chi connectivity index (χ0v) is 14.3. The van der Waals surface area contributed by atoms with Crippen molar-refractivity contribution in [3.63, 3.8) is 0 Å². The zero-order valence-electron chi connectivity index (χ0n) is 14.3. The van der Waals surface area contributed by atoms with Crippen molar-refractivity contribution in [3.8, 4) is 5.75 Å². The maximum atomic E-state index is 11.8. The van der Waals surface area contributed by atoms with Crippen LogP contribution in [-0.2, 0) is 20.7 Å². The Balaban J connectivity index is 1.82. The Morgan fingerprint density at radius 2 is 1.92 bits per heavy atom. The van der Waals surface area contributed by atoms with Crippen molar-refractivity contribution in [2.24, 2.45) is 0 Å². The summed E-state index contributed by atoms with van der Waals surface area (Å²) in [5.74, 6) is -0.263. The Hall–Kier alpha value is -3.08. The molecule has 0 aliphatic heterocycles. The molecule has 5 heteroatoms. The van der Waals surface area contributed by atoms with Gasteiger partial charge in [-0.3, -0.25) is 4.79 Å². The van der Waals surface area contributed by atoms with Crippen LogP contribution in [0.25, 0.3) is 6.08 Å². The number of ether oxygens (including phenoxy) is 2. The van der Waals surface area contributed by atoms with Crippen molar-refractivity contribution >= 4 is 23.6 Å². The number of amides is 1. The van der Waals surface area contributed by atoms with E-state index in [1.807, 2.05) is 43.3 Å². The molecule has 0 fully saturated rings. The fraction of sp³-hybridized carbons (Fsp3) is 0.200. The maximum Gasteiger partial charge on any atom is 0.331 e. The van der Waals surface area contributed by atoms with Crippen LogP contribution in [0.15, 0.2) is 54.6 Å². The summed E-state index contributed by atoms with van der Waals surface area (Å²) in [6.45, 7) is 1.70. The quantitative estimate of drug-likeness (QED) is 0.620. The standard InChI is InChI=1S/C20H21NO4/c1-3-15-6-4-8-17(12-15)21-19(22)14-25-20(23)11-10-16-7-5-9-18(13-16)24-2/h4-13H,3,14H2,1-2H3,(H,21,22). The molecule has 130 valence electrons. The number of carbonyl (C=O) groups excluding carboxylic acids is 2. The Morgan fingerprint density at radius 3 is 2.68 bits per heavy atom. The molecule has 0 heterocycles. The van der Waals surface area contributed by atoms with Crippen LogP contribution in [0.5, 0.6) is 5.75 Å². The molecule has 0 saturated carbocycles. The van der Waals surface area contributed by atoms with Gasteiger partial charge >= 0.3 is 5.97 Å². The van der Waals surface area contributed by atoms with Gasteiger partial charge in [0.1, 0.15) is 5.75 Å². The van der Waals surface area contributed by atoms with E-state index in [1.54, 1.807) is 25.3 Å². The molecule has 1 amide bonds. The van der Waals surface area contributed by atoms with Crippen LogP contribution in [0.1, 0.15) is 18.1 Å². The number of rotatable bonds is 7. The predicted octanol–water partition coefficient (Wildman–Crippen LogP) is 3.45. The summed E-state index contributed by atoms with van der Waals surface area (Å²) in [6, 6.07) is 14.8. The summed E-state index contributed by atoms with van der Waals surface area (Å²) in [5, 5.41) is 2.70. The molecule has 0 aromatic heterocycles. The molecule has 0 aliphatic carbocycles. The lowest BCUT2D eigenvalue weighted by Crippen LogP contribution is -2.20. The highest BCUT2D eigenvalue weighted by atomic mass is 16.5. The lowest BCUT2D eigenvalue weighted by atomic mass is 10.1. The molecule has 0 radical (unpaired) electrons. The third-order valence-electron chi connectivity index (χ3n) is 3.47. The number of methoxy groups -OCH3 is 1. The molecule has 1 N–H and O–H groups in total. The number of carbonyl (C=O) groups is 2. The monoisotopic (exact) mass is 339 g/mol. The molecular weight excluding hydrogens is 318 g/mol. The van der Waals surface area contributed by atoms with E-state index >= 15 is 0 Å². The highest BCUT2D eigenvalue weighted by Gasteiger charge is 2.06. The van der Waals surface area contributed by atoms with Crippen LogP contribution < -0.4 is 10.1 Å². The molecule has 5 nitrogen and oxygen atoms in total. The third-order valence-corrected chi connectivity index (χ3v) is 3.47. The third kappa shape index (κ3) is 6.14. The van der Waals surface area contributed by atoms with E-state index in [0.717, 1.165) is 17.5 Å². The van der Waals surface area contributed by atoms with Gasteiger partial charge in [-0.1, -0.05) is 31.2 Å². The van der Waals surface area contributed by atoms with Crippen molar-refractivity contribution in [1.29, 1.82) is 0 Å². The number of nitrogens with one attached hydrogen (secondary N) is 1. The van der Waals surface area contributed by atoms with Gasteiger partial charge in [0.05, 0.1) is 7.11 Å². The number of hydrogen-bond donors (Lipinski definition) is 1. The predicted molar refractivity (Wildman–Crippen MR) is 97.4 cm³/mol. The molecule has 25 heavy (non-hydrogen) atoms. The Morgan fingerprint density at radius 1 is 1.12 bits per heavy atom. The number of benzene rings is 2. The van der Waals surface area contributed by atoms with E-state index in [2.05, 4.69) is 5.32 Å². The van der Waals surface area contributed by atoms with Gasteiger partial charge in [0.25, 0.3) is 5.91 Å². The second kappa shape index (κ2) is 9.27. The lowest BCUT2D eigenvalue weighted by molar-refractivity contribution is -0.142. The lowest BCUT2D eigenvalue weighted by Gasteiger charge is -2.06. The molecule has 0 saturated heterocycles. The molecule has 0 aliphatic rings. The first-order chi connectivity index (χ1) is 12.1. The molecule has 2 aromatic rings. The SMILES string of the molecule is CCc1cccc(NC(=O)COC(=O)C=Cc2cccc(OC)c2)c1. The highest BCUT2D eigenvalue weighted by Crippen LogP contribution is 2.14. The molecule has 0 spiro atoms. The number of anilines is 1. The van der Waals surface area contributed by atoms with Crippen LogP contribution in [0.2, 0.25) is 0 Å². The number of esters is 1. The van der Waals surface area contributed by atoms with Crippen LogP contribution in [0.3, 0.4) is 0 Å². The Kier molecular flexibility index (Phi) is 6.77. The first-order valence-electron chi connectivity index (χ1n) is 7.98. The van der Waals surface area contributed by atoms with Crippen LogP contribution in [-0.4, -0.2) is 25.6 Å². The van der Waals surface area contributed by atoms with Crippen molar-refractivity contribution in [3.05, 3.63) is 65.7 Å². The molecule has 2 rings (SSSR count). The van der Waals surface area contributed by atoms with E-state index < -0.39 is 5.97 Å². The van der Waals surface area contributed by atoms with Crippen LogP contribution in [0.4, 0.5) is 5.69 Å². The summed E-state index contributed by atoms with van der Waals surface area (Å²) in [7, 11) is 1.58. The number of hydrogen-bond acceptors (Lipinski definition) is 4. The minimum absolute atomic E-state index is 0.336. The average molecular weight is 339 g/mol. The zero-order chi connectivity index (χ0) is 18.1. The Labute approximate surface area is 147 Å². The van der Waals surface area contributed by atoms with Gasteiger partial charge in [-0.05, 0) is 47.9 Å². The second-order valence-electron chi connectivity index (χ2n) is 5.32. The summed E-state index contributed by atoms with van der Waals surface area (Å²) >= 11 is 0. The van der Waals surface area contributed by atoms with E-state index in [1.165, 1.54) is 6.08 Å². The first-order valence-corrected chi connectivity index (χ1v) is 7.98. The average Bonchev–Trinajstić information content (AvgIpc) is 2.65. The molecule has 2 aromatic carbocycles. The van der Waals surface area contributed by atoms with Crippen LogP contribution >= 0.6 is 0 Å². The van der Waals surface area contributed by atoms with Crippen molar-refractivity contribution in [1.82, 2.24) is 0 Å². The Bertz CT molecular complexity index is 768. The summed E-state index contributed by atoms with van der Waals surface area (Å²) in [4.78, 5) is 23.6.